The van der Waals surface area contributed by atoms with Gasteiger partial charge in [0.25, 0.3) is 0 Å². The van der Waals surface area contributed by atoms with Crippen molar-refractivity contribution in [2.75, 3.05) is 7.05 Å². The van der Waals surface area contributed by atoms with Gasteiger partial charge in [0.15, 0.2) is 0 Å². The molecule has 1 aromatic heterocycles. The first-order valence-corrected chi connectivity index (χ1v) is 4.82. The maximum atomic E-state index is 7.36. The molecule has 2 radical (unpaired) electrons. The number of rotatable bonds is 5. The van der Waals surface area contributed by atoms with Crippen LogP contribution >= 0.6 is 0 Å². The standard InChI is InChI=1S/C10H14BN3O/c1-3-8-5-9(15-14-8)4-7(6-13-2)10(11)12/h5-6,12-13H,3-4H2,1-2H3/b7-6-,12-10?. The topological polar surface area (TPSA) is 61.9 Å². The number of hydrogen-bond donors (Lipinski definition) is 2. The molecule has 0 bridgehead atoms. The van der Waals surface area contributed by atoms with Crippen molar-refractivity contribution in [3.63, 3.8) is 0 Å². The fraction of sp³-hybridized carbons (Fsp3) is 0.400. The Morgan fingerprint density at radius 1 is 1.73 bits per heavy atom. The Labute approximate surface area is 90.6 Å². The van der Waals surface area contributed by atoms with Crippen LogP contribution in [-0.4, -0.2) is 25.7 Å². The summed E-state index contributed by atoms with van der Waals surface area (Å²) in [5, 5.41) is 14.1. The van der Waals surface area contributed by atoms with Crippen molar-refractivity contribution in [2.24, 2.45) is 0 Å². The minimum Gasteiger partial charge on any atom is -0.394 e. The SMILES string of the molecule is [B]C(=N)/C(=C\NC)Cc1cc(CC)no1. The van der Waals surface area contributed by atoms with Crippen molar-refractivity contribution in [3.8, 4) is 0 Å². The maximum Gasteiger partial charge on any atom is 0.141 e. The third-order valence-electron chi connectivity index (χ3n) is 2.00. The highest BCUT2D eigenvalue weighted by molar-refractivity contribution is 6.63. The Morgan fingerprint density at radius 3 is 2.93 bits per heavy atom. The van der Waals surface area contributed by atoms with Crippen molar-refractivity contribution < 1.29 is 4.52 Å². The van der Waals surface area contributed by atoms with Gasteiger partial charge in [0, 0.05) is 25.7 Å². The quantitative estimate of drug-likeness (QED) is 0.554. The second-order valence-corrected chi connectivity index (χ2v) is 3.19. The fourth-order valence-electron chi connectivity index (χ4n) is 1.19. The number of nitrogens with zero attached hydrogens (tertiary/aromatic N) is 1. The molecule has 0 fully saturated rings. The summed E-state index contributed by atoms with van der Waals surface area (Å²) in [7, 11) is 7.19. The Hall–Kier alpha value is -1.52. The van der Waals surface area contributed by atoms with Gasteiger partial charge in [0.2, 0.25) is 0 Å². The first-order valence-electron chi connectivity index (χ1n) is 4.82. The molecule has 4 nitrogen and oxygen atoms in total. The van der Waals surface area contributed by atoms with Gasteiger partial charge in [0.1, 0.15) is 13.6 Å². The van der Waals surface area contributed by atoms with E-state index in [4.69, 9.17) is 17.8 Å². The predicted molar refractivity (Wildman–Crippen MR) is 60.2 cm³/mol. The van der Waals surface area contributed by atoms with Gasteiger partial charge in [-0.1, -0.05) is 12.1 Å². The summed E-state index contributed by atoms with van der Waals surface area (Å²) in [5.74, 6) is 0.726. The van der Waals surface area contributed by atoms with Crippen LogP contribution in [0.15, 0.2) is 22.4 Å². The van der Waals surface area contributed by atoms with Crippen molar-refractivity contribution in [2.45, 2.75) is 19.8 Å². The highest BCUT2D eigenvalue weighted by Gasteiger charge is 2.07. The number of allylic oxidation sites excluding steroid dienone is 1. The van der Waals surface area contributed by atoms with Crippen molar-refractivity contribution in [3.05, 3.63) is 29.3 Å². The van der Waals surface area contributed by atoms with Crippen LogP contribution < -0.4 is 5.32 Å². The number of hydrogen-bond acceptors (Lipinski definition) is 4. The second-order valence-electron chi connectivity index (χ2n) is 3.19. The summed E-state index contributed by atoms with van der Waals surface area (Å²) >= 11 is 0. The van der Waals surface area contributed by atoms with E-state index in [1.807, 2.05) is 13.0 Å². The summed E-state index contributed by atoms with van der Waals surface area (Å²) in [4.78, 5) is 0. The Kier molecular flexibility index (Phi) is 4.15. The molecule has 5 heteroatoms. The van der Waals surface area contributed by atoms with Crippen LogP contribution in [0.4, 0.5) is 0 Å². The summed E-state index contributed by atoms with van der Waals surface area (Å²) in [5.41, 5.74) is 1.65. The smallest absolute Gasteiger partial charge is 0.141 e. The van der Waals surface area contributed by atoms with E-state index in [2.05, 4.69) is 10.5 Å². The largest absolute Gasteiger partial charge is 0.394 e. The minimum atomic E-state index is 0.0406. The zero-order valence-corrected chi connectivity index (χ0v) is 9.00. The van der Waals surface area contributed by atoms with Gasteiger partial charge in [-0.05, 0) is 17.6 Å². The van der Waals surface area contributed by atoms with Crippen LogP contribution in [0, 0.1) is 5.41 Å². The molecule has 1 rings (SSSR count). The van der Waals surface area contributed by atoms with E-state index < -0.39 is 0 Å². The van der Waals surface area contributed by atoms with E-state index in [1.165, 1.54) is 0 Å². The third kappa shape index (κ3) is 3.27. The van der Waals surface area contributed by atoms with Gasteiger partial charge < -0.3 is 15.2 Å². The zero-order chi connectivity index (χ0) is 11.3. The van der Waals surface area contributed by atoms with Gasteiger partial charge in [-0.3, -0.25) is 0 Å². The first kappa shape index (κ1) is 11.6. The molecule has 0 saturated heterocycles. The minimum absolute atomic E-state index is 0.0406. The Balaban J connectivity index is 2.74. The predicted octanol–water partition coefficient (Wildman–Crippen LogP) is 1.03. The van der Waals surface area contributed by atoms with Crippen LogP contribution in [-0.2, 0) is 12.8 Å². The third-order valence-corrected chi connectivity index (χ3v) is 2.00. The normalized spacial score (nSPS) is 11.5. The molecule has 0 aromatic carbocycles. The van der Waals surface area contributed by atoms with Crippen LogP contribution in [0.1, 0.15) is 18.4 Å². The Bertz CT molecular complexity index is 370. The molecule has 0 spiro atoms. The Morgan fingerprint density at radius 2 is 2.47 bits per heavy atom. The zero-order valence-electron chi connectivity index (χ0n) is 9.00. The summed E-state index contributed by atoms with van der Waals surface area (Å²) in [6.45, 7) is 2.01. The fourth-order valence-corrected chi connectivity index (χ4v) is 1.19. The highest BCUT2D eigenvalue weighted by Crippen LogP contribution is 2.10. The van der Waals surface area contributed by atoms with E-state index in [1.54, 1.807) is 13.2 Å². The molecule has 15 heavy (non-hydrogen) atoms. The molecule has 2 N–H and O–H groups in total. The lowest BCUT2D eigenvalue weighted by atomic mass is 9.91. The van der Waals surface area contributed by atoms with Gasteiger partial charge >= 0.3 is 0 Å². The van der Waals surface area contributed by atoms with Gasteiger partial charge in [-0.2, -0.15) is 0 Å². The molecule has 0 amide bonds. The number of nitrogens with one attached hydrogen (secondary N) is 2. The van der Waals surface area contributed by atoms with E-state index >= 15 is 0 Å². The molecule has 1 aromatic rings. The van der Waals surface area contributed by atoms with Crippen LogP contribution in [0.3, 0.4) is 0 Å². The summed E-state index contributed by atoms with van der Waals surface area (Å²) in [6.07, 6.45) is 3.02. The summed E-state index contributed by atoms with van der Waals surface area (Å²) in [6, 6.07) is 1.88. The van der Waals surface area contributed by atoms with E-state index in [0.29, 0.717) is 12.0 Å². The lowest BCUT2D eigenvalue weighted by Gasteiger charge is -2.02. The number of aromatic nitrogens is 1. The molecule has 0 unspecified atom stereocenters. The summed E-state index contributed by atoms with van der Waals surface area (Å²) < 4.78 is 5.11. The molecule has 1 heterocycles. The van der Waals surface area contributed by atoms with Gasteiger partial charge in [-0.25, -0.2) is 0 Å². The molecule has 0 atom stereocenters. The van der Waals surface area contributed by atoms with Crippen LogP contribution in [0.5, 0.6) is 0 Å². The molecule has 0 saturated carbocycles. The monoisotopic (exact) mass is 203 g/mol. The van der Waals surface area contributed by atoms with Gasteiger partial charge in [0.05, 0.1) is 5.69 Å². The van der Waals surface area contributed by atoms with Gasteiger partial charge in [-0.15, -0.1) is 0 Å². The highest BCUT2D eigenvalue weighted by atomic mass is 16.5. The molecule has 78 valence electrons. The average molecular weight is 203 g/mol. The van der Waals surface area contributed by atoms with E-state index in [0.717, 1.165) is 17.9 Å². The van der Waals surface area contributed by atoms with Crippen LogP contribution in [0.2, 0.25) is 0 Å². The molecular weight excluding hydrogens is 189 g/mol. The van der Waals surface area contributed by atoms with Crippen LogP contribution in [0.25, 0.3) is 0 Å². The maximum absolute atomic E-state index is 7.36. The molecule has 0 aliphatic carbocycles. The second kappa shape index (κ2) is 5.39. The van der Waals surface area contributed by atoms with Crippen molar-refractivity contribution >= 4 is 13.5 Å². The average Bonchev–Trinajstić information content (AvgIpc) is 2.65. The molecular formula is C10H14BN3O. The van der Waals surface area contributed by atoms with Crippen molar-refractivity contribution in [1.29, 1.82) is 5.41 Å². The number of aryl methyl sites for hydroxylation is 1. The van der Waals surface area contributed by atoms with Crippen molar-refractivity contribution in [1.82, 2.24) is 10.5 Å². The lowest BCUT2D eigenvalue weighted by Crippen LogP contribution is -2.08. The lowest BCUT2D eigenvalue weighted by molar-refractivity contribution is 0.384. The van der Waals surface area contributed by atoms with E-state index in [-0.39, 0.29) is 5.61 Å². The molecule has 0 aliphatic rings. The first-order chi connectivity index (χ1) is 7.17. The van der Waals surface area contributed by atoms with E-state index in [9.17, 15) is 0 Å². The molecule has 0 aliphatic heterocycles.